The molecule has 1 aliphatic rings. The van der Waals surface area contributed by atoms with Gasteiger partial charge in [0.2, 0.25) is 0 Å². The van der Waals surface area contributed by atoms with E-state index in [1.165, 1.54) is 0 Å². The second-order valence-electron chi connectivity index (χ2n) is 7.51. The Kier molecular flexibility index (Phi) is 5.51. The van der Waals surface area contributed by atoms with Crippen LogP contribution < -0.4 is 4.74 Å². The third-order valence-corrected chi connectivity index (χ3v) is 5.43. The van der Waals surface area contributed by atoms with E-state index in [-0.39, 0.29) is 6.42 Å². The van der Waals surface area contributed by atoms with Crippen molar-refractivity contribution in [2.75, 3.05) is 13.2 Å². The van der Waals surface area contributed by atoms with Gasteiger partial charge < -0.3 is 14.6 Å². The van der Waals surface area contributed by atoms with Crippen LogP contribution in [0.3, 0.4) is 0 Å². The molecule has 1 aliphatic heterocycles. The van der Waals surface area contributed by atoms with Crippen LogP contribution in [0.15, 0.2) is 72.8 Å². The van der Waals surface area contributed by atoms with Gasteiger partial charge in [-0.15, -0.1) is 0 Å². The Morgan fingerprint density at radius 1 is 1.03 bits per heavy atom. The maximum Gasteiger partial charge on any atom is 0.304 e. The van der Waals surface area contributed by atoms with Crippen molar-refractivity contribution in [1.82, 2.24) is 0 Å². The molecule has 1 heterocycles. The Morgan fingerprint density at radius 3 is 2.33 bits per heavy atom. The summed E-state index contributed by atoms with van der Waals surface area (Å²) in [5.41, 5.74) is 4.11. The molecule has 3 aromatic carbocycles. The number of hydrogen-bond donors (Lipinski definition) is 1. The third-order valence-electron chi connectivity index (χ3n) is 5.43. The highest BCUT2D eigenvalue weighted by atomic mass is 16.5. The Bertz CT molecular complexity index is 1080. The minimum Gasteiger partial charge on any atom is -0.489 e. The normalized spacial score (nSPS) is 14.4. The summed E-state index contributed by atoms with van der Waals surface area (Å²) in [6.07, 6.45) is 0.0640. The van der Waals surface area contributed by atoms with E-state index in [0.29, 0.717) is 25.4 Å². The standard InChI is InChI=1S/C25H21NO4/c26-14-20-3-1-2-4-23(20)19-7-5-18(6-8-19)15-30-22-11-9-21(10-12-22)25(13-24(27)28)16-29-17-25/h1-12H,13,15-17H2,(H,27,28). The lowest BCUT2D eigenvalue weighted by Gasteiger charge is -2.40. The molecule has 0 amide bonds. The largest absolute Gasteiger partial charge is 0.489 e. The van der Waals surface area contributed by atoms with Crippen molar-refractivity contribution < 1.29 is 19.4 Å². The Hall–Kier alpha value is -3.62. The number of nitriles is 1. The SMILES string of the molecule is N#Cc1ccccc1-c1ccc(COc2ccc(C3(CC(=O)O)COC3)cc2)cc1. The van der Waals surface area contributed by atoms with Crippen molar-refractivity contribution in [3.05, 3.63) is 89.5 Å². The number of rotatable bonds is 7. The topological polar surface area (TPSA) is 79.5 Å². The number of aliphatic carboxylic acids is 1. The van der Waals surface area contributed by atoms with Gasteiger partial charge in [-0.2, -0.15) is 5.26 Å². The van der Waals surface area contributed by atoms with Gasteiger partial charge in [0, 0.05) is 0 Å². The second-order valence-corrected chi connectivity index (χ2v) is 7.51. The monoisotopic (exact) mass is 399 g/mol. The van der Waals surface area contributed by atoms with Gasteiger partial charge in [0.25, 0.3) is 0 Å². The van der Waals surface area contributed by atoms with Gasteiger partial charge in [0.05, 0.1) is 36.7 Å². The summed E-state index contributed by atoms with van der Waals surface area (Å²) in [5, 5.41) is 18.4. The van der Waals surface area contributed by atoms with Gasteiger partial charge in [-0.1, -0.05) is 54.6 Å². The molecule has 5 nitrogen and oxygen atoms in total. The molecule has 30 heavy (non-hydrogen) atoms. The van der Waals surface area contributed by atoms with Crippen LogP contribution in [-0.4, -0.2) is 24.3 Å². The lowest BCUT2D eigenvalue weighted by molar-refractivity contribution is -0.145. The highest BCUT2D eigenvalue weighted by Crippen LogP contribution is 2.36. The summed E-state index contributed by atoms with van der Waals surface area (Å²) in [6, 6.07) is 25.3. The molecule has 4 rings (SSSR count). The van der Waals surface area contributed by atoms with Crippen LogP contribution in [0.1, 0.15) is 23.1 Å². The summed E-state index contributed by atoms with van der Waals surface area (Å²) in [5.74, 6) is -0.0946. The van der Waals surface area contributed by atoms with Crippen molar-refractivity contribution in [2.45, 2.75) is 18.4 Å². The van der Waals surface area contributed by atoms with E-state index >= 15 is 0 Å². The quantitative estimate of drug-likeness (QED) is 0.631. The summed E-state index contributed by atoms with van der Waals surface area (Å²) in [7, 11) is 0. The van der Waals surface area contributed by atoms with Crippen LogP contribution in [0.4, 0.5) is 0 Å². The first kappa shape index (κ1) is 19.7. The lowest BCUT2D eigenvalue weighted by Crippen LogP contribution is -2.48. The fourth-order valence-corrected chi connectivity index (χ4v) is 3.69. The number of carbonyl (C=O) groups is 1. The zero-order valence-electron chi connectivity index (χ0n) is 16.4. The van der Waals surface area contributed by atoms with Crippen molar-refractivity contribution in [3.63, 3.8) is 0 Å². The van der Waals surface area contributed by atoms with Crippen molar-refractivity contribution in [3.8, 4) is 22.9 Å². The van der Waals surface area contributed by atoms with Crippen LogP contribution in [0.5, 0.6) is 5.75 Å². The van der Waals surface area contributed by atoms with Gasteiger partial charge in [0.15, 0.2) is 0 Å². The molecule has 3 aromatic rings. The molecule has 0 unspecified atom stereocenters. The van der Waals surface area contributed by atoms with E-state index in [9.17, 15) is 10.1 Å². The molecule has 0 bridgehead atoms. The Labute approximate surface area is 175 Å². The molecule has 0 atom stereocenters. The van der Waals surface area contributed by atoms with Crippen LogP contribution in [-0.2, 0) is 21.6 Å². The van der Waals surface area contributed by atoms with E-state index in [1.807, 2.05) is 72.8 Å². The Morgan fingerprint density at radius 2 is 1.73 bits per heavy atom. The first-order valence-corrected chi connectivity index (χ1v) is 9.71. The zero-order valence-corrected chi connectivity index (χ0v) is 16.4. The molecule has 0 saturated carbocycles. The number of carboxylic acid groups (broad SMARTS) is 1. The summed E-state index contributed by atoms with van der Waals surface area (Å²) < 4.78 is 11.2. The Balaban J connectivity index is 1.40. The van der Waals surface area contributed by atoms with Gasteiger partial charge in [0.1, 0.15) is 12.4 Å². The molecular weight excluding hydrogens is 378 g/mol. The maximum absolute atomic E-state index is 11.2. The van der Waals surface area contributed by atoms with Crippen LogP contribution in [0.2, 0.25) is 0 Å². The first-order valence-electron chi connectivity index (χ1n) is 9.71. The molecule has 0 radical (unpaired) electrons. The van der Waals surface area contributed by atoms with Crippen LogP contribution in [0.25, 0.3) is 11.1 Å². The fraction of sp³-hybridized carbons (Fsp3) is 0.200. The second kappa shape index (κ2) is 8.40. The number of hydrogen-bond acceptors (Lipinski definition) is 4. The average molecular weight is 399 g/mol. The molecule has 0 spiro atoms. The van der Waals surface area contributed by atoms with Crippen molar-refractivity contribution >= 4 is 5.97 Å². The van der Waals surface area contributed by atoms with Crippen LogP contribution in [0, 0.1) is 11.3 Å². The molecule has 1 fully saturated rings. The fourth-order valence-electron chi connectivity index (χ4n) is 3.69. The number of nitrogens with zero attached hydrogens (tertiary/aromatic N) is 1. The molecule has 1 N–H and O–H groups in total. The highest BCUT2D eigenvalue weighted by molar-refractivity contribution is 5.70. The van der Waals surface area contributed by atoms with Crippen molar-refractivity contribution in [1.29, 1.82) is 5.26 Å². The summed E-state index contributed by atoms with van der Waals surface area (Å²) >= 11 is 0. The predicted octanol–water partition coefficient (Wildman–Crippen LogP) is 4.55. The van der Waals surface area contributed by atoms with E-state index in [1.54, 1.807) is 0 Å². The zero-order chi connectivity index (χ0) is 21.0. The smallest absolute Gasteiger partial charge is 0.304 e. The third kappa shape index (κ3) is 4.05. The van der Waals surface area contributed by atoms with Gasteiger partial charge in [-0.05, 0) is 40.5 Å². The van der Waals surface area contributed by atoms with Gasteiger partial charge in [-0.3, -0.25) is 4.79 Å². The predicted molar refractivity (Wildman–Crippen MR) is 112 cm³/mol. The molecule has 0 aromatic heterocycles. The number of benzene rings is 3. The number of carboxylic acids is 1. The van der Waals surface area contributed by atoms with Crippen LogP contribution >= 0.6 is 0 Å². The van der Waals surface area contributed by atoms with E-state index in [4.69, 9.17) is 14.6 Å². The molecule has 1 saturated heterocycles. The van der Waals surface area contributed by atoms with E-state index in [2.05, 4.69) is 6.07 Å². The summed E-state index contributed by atoms with van der Waals surface area (Å²) in [6.45, 7) is 1.28. The van der Waals surface area contributed by atoms with Gasteiger partial charge in [-0.25, -0.2) is 0 Å². The molecule has 150 valence electrons. The molecular formula is C25H21NO4. The van der Waals surface area contributed by atoms with E-state index in [0.717, 1.165) is 28.0 Å². The number of ether oxygens (including phenoxy) is 2. The molecule has 5 heteroatoms. The lowest BCUT2D eigenvalue weighted by atomic mass is 9.76. The van der Waals surface area contributed by atoms with E-state index < -0.39 is 11.4 Å². The van der Waals surface area contributed by atoms with Crippen molar-refractivity contribution in [2.24, 2.45) is 0 Å². The minimum absolute atomic E-state index is 0.0640. The maximum atomic E-state index is 11.2. The van der Waals surface area contributed by atoms with Gasteiger partial charge >= 0.3 is 5.97 Å². The minimum atomic E-state index is -0.820. The highest BCUT2D eigenvalue weighted by Gasteiger charge is 2.42. The molecule has 0 aliphatic carbocycles. The first-order chi connectivity index (χ1) is 14.6. The average Bonchev–Trinajstić information content (AvgIpc) is 2.75. The summed E-state index contributed by atoms with van der Waals surface area (Å²) in [4.78, 5) is 11.2.